The fraction of sp³-hybridized carbons (Fsp3) is 0.190. The summed E-state index contributed by atoms with van der Waals surface area (Å²) >= 11 is 0. The molecule has 0 saturated heterocycles. The summed E-state index contributed by atoms with van der Waals surface area (Å²) in [6.45, 7) is 0. The molecule has 1 aromatic carbocycles. The van der Waals surface area contributed by atoms with Crippen LogP contribution in [-0.4, -0.2) is 42.2 Å². The minimum absolute atomic E-state index is 0.0776. The van der Waals surface area contributed by atoms with E-state index < -0.39 is 12.0 Å². The first-order valence-electron chi connectivity index (χ1n) is 9.08. The summed E-state index contributed by atoms with van der Waals surface area (Å²) in [6.07, 6.45) is 3.79. The molecule has 9 nitrogen and oxygen atoms in total. The zero-order valence-corrected chi connectivity index (χ0v) is 16.5. The average Bonchev–Trinajstić information content (AvgIpc) is 2.78. The van der Waals surface area contributed by atoms with E-state index in [9.17, 15) is 14.4 Å². The minimum atomic E-state index is -0.611. The molecule has 0 saturated carbocycles. The maximum absolute atomic E-state index is 12.5. The summed E-state index contributed by atoms with van der Waals surface area (Å²) in [7, 11) is 2.60. The van der Waals surface area contributed by atoms with Crippen LogP contribution in [0.25, 0.3) is 10.9 Å². The van der Waals surface area contributed by atoms with E-state index >= 15 is 0 Å². The predicted octanol–water partition coefficient (Wildman–Crippen LogP) is 3.17. The Hall–Kier alpha value is -4.01. The van der Waals surface area contributed by atoms with Gasteiger partial charge in [-0.2, -0.15) is 0 Å². The maximum Gasteiger partial charge on any atom is 0.341 e. The van der Waals surface area contributed by atoms with Crippen LogP contribution in [0.1, 0.15) is 22.3 Å². The number of aryl methyl sites for hydroxylation is 1. The highest BCUT2D eigenvalue weighted by Gasteiger charge is 2.16. The molecule has 2 heterocycles. The fourth-order valence-corrected chi connectivity index (χ4v) is 2.93. The van der Waals surface area contributed by atoms with Gasteiger partial charge in [0.25, 0.3) is 0 Å². The molecule has 154 valence electrons. The van der Waals surface area contributed by atoms with Crippen molar-refractivity contribution in [3.63, 3.8) is 0 Å². The van der Waals surface area contributed by atoms with Crippen molar-refractivity contribution >= 4 is 40.4 Å². The smallest absolute Gasteiger partial charge is 0.341 e. The van der Waals surface area contributed by atoms with Crippen molar-refractivity contribution in [2.75, 3.05) is 24.9 Å². The van der Waals surface area contributed by atoms with E-state index in [0.29, 0.717) is 17.6 Å². The lowest BCUT2D eigenvalue weighted by Crippen LogP contribution is -2.22. The van der Waals surface area contributed by atoms with Gasteiger partial charge in [0.15, 0.2) is 0 Å². The number of carbonyl (C=O) groups is 3. The van der Waals surface area contributed by atoms with Crippen LogP contribution < -0.4 is 10.6 Å². The molecule has 0 unspecified atom stereocenters. The third-order valence-electron chi connectivity index (χ3n) is 4.38. The molecule has 0 atom stereocenters. The number of pyridine rings is 2. The predicted molar refractivity (Wildman–Crippen MR) is 110 cm³/mol. The van der Waals surface area contributed by atoms with E-state index in [1.807, 2.05) is 12.1 Å². The Morgan fingerprint density at radius 3 is 2.47 bits per heavy atom. The Bertz CT molecular complexity index is 1100. The van der Waals surface area contributed by atoms with Crippen LogP contribution in [0.5, 0.6) is 0 Å². The van der Waals surface area contributed by atoms with E-state index in [-0.39, 0.29) is 23.8 Å². The lowest BCUT2D eigenvalue weighted by molar-refractivity contribution is -0.140. The maximum atomic E-state index is 12.5. The quantitative estimate of drug-likeness (QED) is 0.601. The Morgan fingerprint density at radius 2 is 1.70 bits per heavy atom. The zero-order valence-electron chi connectivity index (χ0n) is 16.5. The molecule has 0 aliphatic rings. The van der Waals surface area contributed by atoms with Crippen LogP contribution in [0.3, 0.4) is 0 Å². The highest BCUT2D eigenvalue weighted by molar-refractivity contribution is 6.07. The molecule has 0 fully saturated rings. The van der Waals surface area contributed by atoms with Crippen molar-refractivity contribution < 1.29 is 23.9 Å². The van der Waals surface area contributed by atoms with Gasteiger partial charge < -0.3 is 14.8 Å². The second kappa shape index (κ2) is 9.46. The Labute approximate surface area is 172 Å². The number of aromatic nitrogens is 2. The lowest BCUT2D eigenvalue weighted by Gasteiger charge is -2.13. The molecule has 30 heavy (non-hydrogen) atoms. The average molecular weight is 408 g/mol. The number of nitrogens with one attached hydrogen (secondary N) is 2. The number of hydrogen-bond acceptors (Lipinski definition) is 7. The largest absolute Gasteiger partial charge is 0.469 e. The number of carbonyl (C=O) groups excluding carboxylic acids is 3. The topological polar surface area (TPSA) is 120 Å². The molecule has 2 amide bonds. The van der Waals surface area contributed by atoms with Crippen molar-refractivity contribution in [1.29, 1.82) is 0 Å². The number of benzene rings is 1. The molecule has 0 radical (unpaired) electrons. The number of ether oxygens (including phenoxy) is 2. The summed E-state index contributed by atoms with van der Waals surface area (Å²) in [5, 5.41) is 6.09. The summed E-state index contributed by atoms with van der Waals surface area (Å²) in [4.78, 5) is 44.2. The second-order valence-electron chi connectivity index (χ2n) is 6.22. The molecule has 9 heteroatoms. The molecule has 3 rings (SSSR count). The van der Waals surface area contributed by atoms with Crippen LogP contribution in [0.4, 0.5) is 16.3 Å². The monoisotopic (exact) mass is 408 g/mol. The number of nitrogens with zero attached hydrogens (tertiary/aromatic N) is 2. The van der Waals surface area contributed by atoms with Gasteiger partial charge in [-0.1, -0.05) is 12.1 Å². The van der Waals surface area contributed by atoms with Gasteiger partial charge in [-0.25, -0.2) is 14.6 Å². The zero-order chi connectivity index (χ0) is 21.5. The first-order chi connectivity index (χ1) is 14.5. The minimum Gasteiger partial charge on any atom is -0.469 e. The van der Waals surface area contributed by atoms with Crippen molar-refractivity contribution in [2.45, 2.75) is 12.8 Å². The van der Waals surface area contributed by atoms with Gasteiger partial charge in [0.05, 0.1) is 25.4 Å². The van der Waals surface area contributed by atoms with Crippen LogP contribution in [0.2, 0.25) is 0 Å². The van der Waals surface area contributed by atoms with Crippen LogP contribution in [0.15, 0.2) is 48.8 Å². The molecule has 0 aliphatic heterocycles. The Balaban J connectivity index is 1.82. The van der Waals surface area contributed by atoms with Crippen molar-refractivity contribution in [1.82, 2.24) is 9.97 Å². The van der Waals surface area contributed by atoms with Crippen LogP contribution in [-0.2, 0) is 20.7 Å². The van der Waals surface area contributed by atoms with E-state index in [4.69, 9.17) is 9.47 Å². The van der Waals surface area contributed by atoms with Gasteiger partial charge in [0, 0.05) is 24.2 Å². The van der Waals surface area contributed by atoms with Gasteiger partial charge in [0.1, 0.15) is 11.4 Å². The number of anilines is 2. The summed E-state index contributed by atoms with van der Waals surface area (Å²) in [5.41, 5.74) is 2.09. The number of amides is 2. The van der Waals surface area contributed by atoms with E-state index in [1.165, 1.54) is 26.5 Å². The number of rotatable bonds is 6. The SMILES string of the molecule is COC(=O)CCc1ccc(NC(=O)Nc2ncccc2C(=O)OC)c2ncccc12. The first-order valence-corrected chi connectivity index (χ1v) is 9.08. The Kier molecular flexibility index (Phi) is 6.53. The van der Waals surface area contributed by atoms with E-state index in [2.05, 4.69) is 20.6 Å². The number of urea groups is 1. The number of esters is 2. The van der Waals surface area contributed by atoms with Crippen molar-refractivity contribution in [2.24, 2.45) is 0 Å². The van der Waals surface area contributed by atoms with Gasteiger partial charge in [-0.05, 0) is 36.2 Å². The summed E-state index contributed by atoms with van der Waals surface area (Å²) < 4.78 is 9.39. The molecule has 0 bridgehead atoms. The van der Waals surface area contributed by atoms with Crippen LogP contribution >= 0.6 is 0 Å². The van der Waals surface area contributed by atoms with Gasteiger partial charge in [-0.3, -0.25) is 15.1 Å². The Morgan fingerprint density at radius 1 is 0.933 bits per heavy atom. The molecule has 2 N–H and O–H groups in total. The fourth-order valence-electron chi connectivity index (χ4n) is 2.93. The second-order valence-corrected chi connectivity index (χ2v) is 6.22. The van der Waals surface area contributed by atoms with E-state index in [0.717, 1.165) is 10.9 Å². The standard InChI is InChI=1S/C21H20N4O5/c1-29-17(26)10-8-13-7-9-16(18-14(13)5-3-11-22-18)24-21(28)25-19-15(20(27)30-2)6-4-12-23-19/h3-7,9,11-12H,8,10H2,1-2H3,(H2,23,24,25,28). The van der Waals surface area contributed by atoms with Gasteiger partial charge in [0.2, 0.25) is 0 Å². The molecule has 3 aromatic rings. The number of hydrogen-bond donors (Lipinski definition) is 2. The number of fused-ring (bicyclic) bond motifs is 1. The van der Waals surface area contributed by atoms with E-state index in [1.54, 1.807) is 24.4 Å². The third kappa shape index (κ3) is 4.69. The van der Waals surface area contributed by atoms with Gasteiger partial charge in [-0.15, -0.1) is 0 Å². The molecular weight excluding hydrogens is 388 g/mol. The molecule has 2 aromatic heterocycles. The molecular formula is C21H20N4O5. The molecule has 0 aliphatic carbocycles. The van der Waals surface area contributed by atoms with Gasteiger partial charge >= 0.3 is 18.0 Å². The van der Waals surface area contributed by atoms with Crippen LogP contribution in [0, 0.1) is 0 Å². The van der Waals surface area contributed by atoms with Crippen molar-refractivity contribution in [3.8, 4) is 0 Å². The molecule has 0 spiro atoms. The normalized spacial score (nSPS) is 10.3. The number of methoxy groups -OCH3 is 2. The lowest BCUT2D eigenvalue weighted by atomic mass is 10.0. The first kappa shape index (κ1) is 20.7. The highest BCUT2D eigenvalue weighted by atomic mass is 16.5. The third-order valence-corrected chi connectivity index (χ3v) is 4.38. The van der Waals surface area contributed by atoms with Crippen molar-refractivity contribution in [3.05, 3.63) is 59.9 Å². The summed E-state index contributed by atoms with van der Waals surface area (Å²) in [6, 6.07) is 9.66. The highest BCUT2D eigenvalue weighted by Crippen LogP contribution is 2.26. The summed E-state index contributed by atoms with van der Waals surface area (Å²) in [5.74, 6) is -0.834.